The number of benzene rings is 1. The Labute approximate surface area is 169 Å². The molecule has 0 radical (unpaired) electrons. The fourth-order valence-electron chi connectivity index (χ4n) is 2.72. The highest BCUT2D eigenvalue weighted by Crippen LogP contribution is 2.39. The van der Waals surface area contributed by atoms with Gasteiger partial charge >= 0.3 is 0 Å². The molecule has 7 heteroatoms. The molecule has 0 amide bonds. The van der Waals surface area contributed by atoms with Crippen LogP contribution in [0.3, 0.4) is 0 Å². The summed E-state index contributed by atoms with van der Waals surface area (Å²) < 4.78 is 21.9. The highest BCUT2D eigenvalue weighted by molar-refractivity contribution is 5.79. The molecule has 1 aromatic rings. The van der Waals surface area contributed by atoms with Crippen LogP contribution in [0.1, 0.15) is 38.7 Å². The first-order chi connectivity index (χ1) is 13.7. The number of guanidine groups is 1. The van der Waals surface area contributed by atoms with Crippen molar-refractivity contribution in [3.63, 3.8) is 0 Å². The lowest BCUT2D eigenvalue weighted by molar-refractivity contribution is 0.130. The van der Waals surface area contributed by atoms with E-state index in [1.54, 1.807) is 21.3 Å². The van der Waals surface area contributed by atoms with Gasteiger partial charge in [-0.15, -0.1) is 0 Å². The van der Waals surface area contributed by atoms with Crippen molar-refractivity contribution in [1.29, 1.82) is 0 Å². The lowest BCUT2D eigenvalue weighted by Gasteiger charge is -2.16. The molecular weight excluding hydrogens is 358 g/mol. The number of nitrogens with one attached hydrogen (secondary N) is 2. The number of ether oxygens (including phenoxy) is 4. The van der Waals surface area contributed by atoms with E-state index in [1.165, 1.54) is 0 Å². The van der Waals surface area contributed by atoms with Crippen LogP contribution in [0.5, 0.6) is 17.2 Å². The lowest BCUT2D eigenvalue weighted by Crippen LogP contribution is -2.38. The normalized spacial score (nSPS) is 11.2. The number of aliphatic imine (C=N–C) groups is 1. The highest BCUT2D eigenvalue weighted by Gasteiger charge is 2.15. The van der Waals surface area contributed by atoms with Crippen LogP contribution >= 0.6 is 0 Å². The molecule has 0 saturated carbocycles. The maximum absolute atomic E-state index is 5.57. The van der Waals surface area contributed by atoms with Crippen molar-refractivity contribution >= 4 is 5.96 Å². The van der Waals surface area contributed by atoms with Crippen LogP contribution in [0.4, 0.5) is 0 Å². The zero-order valence-corrected chi connectivity index (χ0v) is 18.1. The molecule has 0 spiro atoms. The molecule has 1 aromatic carbocycles. The Kier molecular flexibility index (Phi) is 12.7. The van der Waals surface area contributed by atoms with E-state index >= 15 is 0 Å². The van der Waals surface area contributed by atoms with E-state index in [4.69, 9.17) is 18.9 Å². The third-order valence-electron chi connectivity index (χ3n) is 4.18. The summed E-state index contributed by atoms with van der Waals surface area (Å²) >= 11 is 0. The molecule has 0 atom stereocenters. The molecule has 0 aliphatic carbocycles. The Morgan fingerprint density at radius 1 is 0.929 bits per heavy atom. The van der Waals surface area contributed by atoms with E-state index in [-0.39, 0.29) is 0 Å². The van der Waals surface area contributed by atoms with Gasteiger partial charge in [0.05, 0.1) is 21.3 Å². The van der Waals surface area contributed by atoms with Crippen LogP contribution in [-0.4, -0.2) is 60.1 Å². The van der Waals surface area contributed by atoms with Crippen LogP contribution in [0.15, 0.2) is 17.1 Å². The van der Waals surface area contributed by atoms with Crippen LogP contribution in [0, 0.1) is 0 Å². The quantitative estimate of drug-likeness (QED) is 0.287. The van der Waals surface area contributed by atoms with E-state index in [1.807, 2.05) is 12.1 Å². The fourth-order valence-corrected chi connectivity index (χ4v) is 2.72. The van der Waals surface area contributed by atoms with Crippen LogP contribution in [0.2, 0.25) is 0 Å². The van der Waals surface area contributed by atoms with E-state index < -0.39 is 0 Å². The molecule has 0 heterocycles. The fraction of sp³-hybridized carbons (Fsp3) is 0.667. The molecule has 7 nitrogen and oxygen atoms in total. The smallest absolute Gasteiger partial charge is 0.203 e. The molecule has 0 bridgehead atoms. The molecule has 0 fully saturated rings. The molecule has 0 aromatic heterocycles. The molecule has 0 aliphatic heterocycles. The zero-order chi connectivity index (χ0) is 20.6. The predicted molar refractivity (Wildman–Crippen MR) is 114 cm³/mol. The number of rotatable bonds is 14. The van der Waals surface area contributed by atoms with Crippen molar-refractivity contribution < 1.29 is 18.9 Å². The first-order valence-corrected chi connectivity index (χ1v) is 10.1. The van der Waals surface area contributed by atoms with E-state index in [0.717, 1.165) is 70.1 Å². The standard InChI is InChI=1S/C21H37N3O4/c1-6-8-15-28-16-9-13-23-21(22-7-2)24-14-12-17-10-11-18(25-3)20(27-5)19(17)26-4/h10-11H,6-9,12-16H2,1-5H3,(H2,22,23,24). The monoisotopic (exact) mass is 395 g/mol. The van der Waals surface area contributed by atoms with Crippen molar-refractivity contribution in [1.82, 2.24) is 10.6 Å². The summed E-state index contributed by atoms with van der Waals surface area (Å²) in [5.74, 6) is 2.79. The molecule has 0 saturated heterocycles. The minimum Gasteiger partial charge on any atom is -0.493 e. The van der Waals surface area contributed by atoms with E-state index in [2.05, 4.69) is 29.5 Å². The molecule has 160 valence electrons. The van der Waals surface area contributed by atoms with Gasteiger partial charge in [0.1, 0.15) is 0 Å². The van der Waals surface area contributed by atoms with Gasteiger partial charge < -0.3 is 29.6 Å². The molecular formula is C21H37N3O4. The predicted octanol–water partition coefficient (Wildman–Crippen LogP) is 3.02. The SMILES string of the molecule is CCCCOCCCN=C(NCC)NCCc1ccc(OC)c(OC)c1OC. The van der Waals surface area contributed by atoms with Crippen molar-refractivity contribution in [2.75, 3.05) is 54.2 Å². The molecule has 1 rings (SSSR count). The van der Waals surface area contributed by atoms with Gasteiger partial charge in [-0.1, -0.05) is 19.4 Å². The Balaban J connectivity index is 2.54. The van der Waals surface area contributed by atoms with Gasteiger partial charge in [0.25, 0.3) is 0 Å². The summed E-state index contributed by atoms with van der Waals surface area (Å²) in [6.45, 7) is 8.10. The second kappa shape index (κ2) is 14.9. The van der Waals surface area contributed by atoms with Gasteiger partial charge in [-0.25, -0.2) is 0 Å². The largest absolute Gasteiger partial charge is 0.493 e. The zero-order valence-electron chi connectivity index (χ0n) is 18.1. The Morgan fingerprint density at radius 2 is 1.68 bits per heavy atom. The van der Waals surface area contributed by atoms with E-state index in [0.29, 0.717) is 17.2 Å². The van der Waals surface area contributed by atoms with Gasteiger partial charge in [-0.05, 0) is 32.3 Å². The summed E-state index contributed by atoms with van der Waals surface area (Å²) in [5, 5.41) is 6.64. The summed E-state index contributed by atoms with van der Waals surface area (Å²) in [4.78, 5) is 4.60. The van der Waals surface area contributed by atoms with E-state index in [9.17, 15) is 0 Å². The molecule has 0 aliphatic rings. The van der Waals surface area contributed by atoms with Gasteiger partial charge in [0, 0.05) is 38.4 Å². The summed E-state index contributed by atoms with van der Waals surface area (Å²) in [6, 6.07) is 3.90. The Bertz CT molecular complexity index is 579. The maximum Gasteiger partial charge on any atom is 0.203 e. The molecule has 2 N–H and O–H groups in total. The Morgan fingerprint density at radius 3 is 2.32 bits per heavy atom. The van der Waals surface area contributed by atoms with Crippen LogP contribution in [0.25, 0.3) is 0 Å². The second-order valence-electron chi connectivity index (χ2n) is 6.25. The van der Waals surface area contributed by atoms with Crippen molar-refractivity contribution in [3.05, 3.63) is 17.7 Å². The number of nitrogens with zero attached hydrogens (tertiary/aromatic N) is 1. The number of methoxy groups -OCH3 is 3. The maximum atomic E-state index is 5.57. The number of unbranched alkanes of at least 4 members (excludes halogenated alkanes) is 1. The van der Waals surface area contributed by atoms with Crippen molar-refractivity contribution in [2.45, 2.75) is 39.5 Å². The summed E-state index contributed by atoms with van der Waals surface area (Å²) in [7, 11) is 4.87. The van der Waals surface area contributed by atoms with Crippen LogP contribution < -0.4 is 24.8 Å². The first-order valence-electron chi connectivity index (χ1n) is 10.1. The van der Waals surface area contributed by atoms with Crippen LogP contribution in [-0.2, 0) is 11.2 Å². The van der Waals surface area contributed by atoms with Gasteiger partial charge in [-0.3, -0.25) is 4.99 Å². The second-order valence-corrected chi connectivity index (χ2v) is 6.25. The minimum absolute atomic E-state index is 0.617. The average molecular weight is 396 g/mol. The summed E-state index contributed by atoms with van der Waals surface area (Å²) in [6.07, 6.45) is 3.97. The number of hydrogen-bond donors (Lipinski definition) is 2. The average Bonchev–Trinajstić information content (AvgIpc) is 2.72. The minimum atomic E-state index is 0.617. The summed E-state index contributed by atoms with van der Waals surface area (Å²) in [5.41, 5.74) is 1.05. The van der Waals surface area contributed by atoms with Gasteiger partial charge in [0.15, 0.2) is 17.5 Å². The van der Waals surface area contributed by atoms with Gasteiger partial charge in [-0.2, -0.15) is 0 Å². The molecule has 0 unspecified atom stereocenters. The third kappa shape index (κ3) is 8.25. The molecule has 28 heavy (non-hydrogen) atoms. The number of hydrogen-bond acceptors (Lipinski definition) is 5. The highest BCUT2D eigenvalue weighted by atomic mass is 16.5. The van der Waals surface area contributed by atoms with Crippen molar-refractivity contribution in [3.8, 4) is 17.2 Å². The lowest BCUT2D eigenvalue weighted by atomic mass is 10.1. The van der Waals surface area contributed by atoms with Crippen molar-refractivity contribution in [2.24, 2.45) is 4.99 Å². The first kappa shape index (κ1) is 23.9. The Hall–Kier alpha value is -2.15. The van der Waals surface area contributed by atoms with Gasteiger partial charge in [0.2, 0.25) is 5.75 Å². The third-order valence-corrected chi connectivity index (χ3v) is 4.18. The topological polar surface area (TPSA) is 73.3 Å².